The lowest BCUT2D eigenvalue weighted by Crippen LogP contribution is -2.24. The molecule has 0 aliphatic carbocycles. The number of benzene rings is 1. The third-order valence-corrected chi connectivity index (χ3v) is 2.81. The Labute approximate surface area is 111 Å². The molecule has 0 radical (unpaired) electrons. The topological polar surface area (TPSA) is 72.7 Å². The van der Waals surface area contributed by atoms with E-state index in [2.05, 4.69) is 27.8 Å². The number of hydrogen-bond donors (Lipinski definition) is 1. The van der Waals surface area contributed by atoms with E-state index in [1.54, 1.807) is 16.8 Å². The second kappa shape index (κ2) is 6.63. The van der Waals surface area contributed by atoms with E-state index in [0.29, 0.717) is 5.56 Å². The Kier molecular flexibility index (Phi) is 4.60. The molecule has 0 atom stereocenters. The van der Waals surface area contributed by atoms with Gasteiger partial charge in [0, 0.05) is 12.1 Å². The Bertz CT molecular complexity index is 506. The fourth-order valence-electron chi connectivity index (χ4n) is 1.72. The number of carbonyl (C=O) groups is 1. The Hall–Kier alpha value is -2.24. The van der Waals surface area contributed by atoms with Crippen LogP contribution in [0.25, 0.3) is 5.69 Å². The van der Waals surface area contributed by atoms with Gasteiger partial charge in [-0.3, -0.25) is 4.79 Å². The third-order valence-electron chi connectivity index (χ3n) is 2.81. The molecule has 1 aromatic heterocycles. The molecule has 6 nitrogen and oxygen atoms in total. The summed E-state index contributed by atoms with van der Waals surface area (Å²) < 4.78 is 1.54. The molecular formula is C13H17N5O. The number of unbranched alkanes of at least 4 members (excludes halogenated alkanes) is 2. The van der Waals surface area contributed by atoms with E-state index in [-0.39, 0.29) is 5.91 Å². The van der Waals surface area contributed by atoms with Crippen molar-refractivity contribution < 1.29 is 4.79 Å². The van der Waals surface area contributed by atoms with Gasteiger partial charge in [0.05, 0.1) is 5.69 Å². The molecule has 1 heterocycles. The van der Waals surface area contributed by atoms with Crippen molar-refractivity contribution in [3.8, 4) is 5.69 Å². The molecule has 2 aromatic rings. The minimum absolute atomic E-state index is 0.0423. The second-order valence-corrected chi connectivity index (χ2v) is 4.26. The average molecular weight is 259 g/mol. The fraction of sp³-hybridized carbons (Fsp3) is 0.385. The summed E-state index contributed by atoms with van der Waals surface area (Å²) in [5, 5.41) is 13.8. The molecule has 19 heavy (non-hydrogen) atoms. The van der Waals surface area contributed by atoms with Crippen molar-refractivity contribution in [2.75, 3.05) is 6.54 Å². The number of hydrogen-bond acceptors (Lipinski definition) is 4. The summed E-state index contributed by atoms with van der Waals surface area (Å²) in [4.78, 5) is 11.8. The number of amides is 1. The molecule has 0 spiro atoms. The molecule has 0 fully saturated rings. The lowest BCUT2D eigenvalue weighted by Gasteiger charge is -2.05. The first-order chi connectivity index (χ1) is 9.31. The van der Waals surface area contributed by atoms with Crippen molar-refractivity contribution in [3.63, 3.8) is 0 Å². The molecule has 0 saturated carbocycles. The summed E-state index contributed by atoms with van der Waals surface area (Å²) in [5.41, 5.74) is 1.47. The predicted molar refractivity (Wildman–Crippen MR) is 71.0 cm³/mol. The number of nitrogens with zero attached hydrogens (tertiary/aromatic N) is 4. The lowest BCUT2D eigenvalue weighted by atomic mass is 10.2. The largest absolute Gasteiger partial charge is 0.352 e. The van der Waals surface area contributed by atoms with Crippen LogP contribution in [-0.2, 0) is 0 Å². The maximum Gasteiger partial charge on any atom is 0.251 e. The van der Waals surface area contributed by atoms with Crippen LogP contribution >= 0.6 is 0 Å². The molecular weight excluding hydrogens is 242 g/mol. The number of carbonyl (C=O) groups excluding carboxylic acids is 1. The zero-order valence-electron chi connectivity index (χ0n) is 10.9. The van der Waals surface area contributed by atoms with E-state index >= 15 is 0 Å². The summed E-state index contributed by atoms with van der Waals surface area (Å²) in [6.07, 6.45) is 4.82. The van der Waals surface area contributed by atoms with Crippen molar-refractivity contribution in [2.24, 2.45) is 0 Å². The Balaban J connectivity index is 1.93. The molecule has 0 aliphatic heterocycles. The molecule has 2 rings (SSSR count). The molecule has 0 aliphatic rings. The minimum Gasteiger partial charge on any atom is -0.352 e. The van der Waals surface area contributed by atoms with Crippen LogP contribution in [0.1, 0.15) is 36.5 Å². The van der Waals surface area contributed by atoms with E-state index in [9.17, 15) is 4.79 Å². The van der Waals surface area contributed by atoms with Crippen LogP contribution in [0.5, 0.6) is 0 Å². The molecule has 1 aromatic carbocycles. The van der Waals surface area contributed by atoms with Gasteiger partial charge in [-0.1, -0.05) is 19.8 Å². The monoisotopic (exact) mass is 259 g/mol. The van der Waals surface area contributed by atoms with Crippen molar-refractivity contribution >= 4 is 5.91 Å². The van der Waals surface area contributed by atoms with E-state index in [1.807, 2.05) is 12.1 Å². The summed E-state index contributed by atoms with van der Waals surface area (Å²) >= 11 is 0. The van der Waals surface area contributed by atoms with Crippen LogP contribution in [0.3, 0.4) is 0 Å². The van der Waals surface area contributed by atoms with E-state index in [1.165, 1.54) is 6.33 Å². The lowest BCUT2D eigenvalue weighted by molar-refractivity contribution is 0.0953. The maximum atomic E-state index is 11.8. The summed E-state index contributed by atoms with van der Waals surface area (Å²) in [6.45, 7) is 2.86. The van der Waals surface area contributed by atoms with Crippen LogP contribution < -0.4 is 5.32 Å². The average Bonchev–Trinajstić information content (AvgIpc) is 2.98. The first-order valence-electron chi connectivity index (χ1n) is 6.43. The Morgan fingerprint density at radius 1 is 1.26 bits per heavy atom. The van der Waals surface area contributed by atoms with Gasteiger partial charge < -0.3 is 5.32 Å². The molecule has 0 saturated heterocycles. The second-order valence-electron chi connectivity index (χ2n) is 4.26. The van der Waals surface area contributed by atoms with E-state index < -0.39 is 0 Å². The molecule has 6 heteroatoms. The maximum absolute atomic E-state index is 11.8. The highest BCUT2D eigenvalue weighted by atomic mass is 16.1. The van der Waals surface area contributed by atoms with Crippen LogP contribution in [0.15, 0.2) is 30.6 Å². The normalized spacial score (nSPS) is 10.4. The molecule has 1 amide bonds. The fourth-order valence-corrected chi connectivity index (χ4v) is 1.72. The summed E-state index contributed by atoms with van der Waals surface area (Å²) in [5.74, 6) is -0.0423. The summed E-state index contributed by atoms with van der Waals surface area (Å²) in [7, 11) is 0. The predicted octanol–water partition coefficient (Wildman–Crippen LogP) is 1.58. The SMILES string of the molecule is CCCCCNC(=O)c1ccc(-n2cnnn2)cc1. The Morgan fingerprint density at radius 3 is 2.68 bits per heavy atom. The van der Waals surface area contributed by atoms with Gasteiger partial charge in [0.2, 0.25) is 0 Å². The number of rotatable bonds is 6. The Morgan fingerprint density at radius 2 is 2.05 bits per heavy atom. The van der Waals surface area contributed by atoms with Gasteiger partial charge in [0.25, 0.3) is 5.91 Å². The van der Waals surface area contributed by atoms with Crippen molar-refractivity contribution in [1.29, 1.82) is 0 Å². The van der Waals surface area contributed by atoms with Crippen molar-refractivity contribution in [1.82, 2.24) is 25.5 Å². The van der Waals surface area contributed by atoms with E-state index in [4.69, 9.17) is 0 Å². The first-order valence-corrected chi connectivity index (χ1v) is 6.43. The number of nitrogens with one attached hydrogen (secondary N) is 1. The third kappa shape index (κ3) is 3.61. The van der Waals surface area contributed by atoms with Gasteiger partial charge in [-0.05, 0) is 41.1 Å². The van der Waals surface area contributed by atoms with Crippen molar-refractivity contribution in [3.05, 3.63) is 36.2 Å². The van der Waals surface area contributed by atoms with Gasteiger partial charge in [0.1, 0.15) is 6.33 Å². The van der Waals surface area contributed by atoms with Crippen LogP contribution in [-0.4, -0.2) is 32.7 Å². The highest BCUT2D eigenvalue weighted by Crippen LogP contribution is 2.07. The van der Waals surface area contributed by atoms with Gasteiger partial charge in [-0.15, -0.1) is 5.10 Å². The molecule has 100 valence electrons. The van der Waals surface area contributed by atoms with Crippen LogP contribution in [0.2, 0.25) is 0 Å². The van der Waals surface area contributed by atoms with Gasteiger partial charge in [-0.2, -0.15) is 0 Å². The van der Waals surface area contributed by atoms with Gasteiger partial charge >= 0.3 is 0 Å². The molecule has 1 N–H and O–H groups in total. The van der Waals surface area contributed by atoms with Gasteiger partial charge in [-0.25, -0.2) is 4.68 Å². The van der Waals surface area contributed by atoms with Crippen molar-refractivity contribution in [2.45, 2.75) is 26.2 Å². The molecule has 0 unspecified atom stereocenters. The smallest absolute Gasteiger partial charge is 0.251 e. The first kappa shape index (κ1) is 13.2. The highest BCUT2D eigenvalue weighted by Gasteiger charge is 2.05. The van der Waals surface area contributed by atoms with Crippen LogP contribution in [0, 0.1) is 0 Å². The minimum atomic E-state index is -0.0423. The van der Waals surface area contributed by atoms with E-state index in [0.717, 1.165) is 31.5 Å². The zero-order chi connectivity index (χ0) is 13.5. The quantitative estimate of drug-likeness (QED) is 0.799. The van der Waals surface area contributed by atoms with Gasteiger partial charge in [0.15, 0.2) is 0 Å². The number of tetrazole rings is 1. The number of aromatic nitrogens is 4. The van der Waals surface area contributed by atoms with Crippen LogP contribution in [0.4, 0.5) is 0 Å². The standard InChI is InChI=1S/C13H17N5O/c1-2-3-4-9-14-13(19)11-5-7-12(8-6-11)18-10-15-16-17-18/h5-8,10H,2-4,9H2,1H3,(H,14,19). The highest BCUT2D eigenvalue weighted by molar-refractivity contribution is 5.94. The summed E-state index contributed by atoms with van der Waals surface area (Å²) in [6, 6.07) is 7.17. The molecule has 0 bridgehead atoms. The zero-order valence-corrected chi connectivity index (χ0v) is 10.9.